The highest BCUT2D eigenvalue weighted by Gasteiger charge is 2.33. The van der Waals surface area contributed by atoms with Crippen molar-refractivity contribution in [3.05, 3.63) is 83.9 Å². The molecule has 1 atom stereocenters. The molecule has 3 aromatic rings. The second-order valence-corrected chi connectivity index (χ2v) is 11.6. The topological polar surface area (TPSA) is 105 Å². The maximum atomic E-state index is 14.0. The van der Waals surface area contributed by atoms with Crippen LogP contribution in [0.5, 0.6) is 11.5 Å². The van der Waals surface area contributed by atoms with Crippen LogP contribution >= 0.6 is 0 Å². The van der Waals surface area contributed by atoms with Crippen LogP contribution in [0.25, 0.3) is 0 Å². The highest BCUT2D eigenvalue weighted by atomic mass is 32.2. The summed E-state index contributed by atoms with van der Waals surface area (Å²) in [5, 5.41) is 2.80. The number of anilines is 1. The summed E-state index contributed by atoms with van der Waals surface area (Å²) in [6.45, 7) is 3.72. The predicted molar refractivity (Wildman–Crippen MR) is 153 cm³/mol. The summed E-state index contributed by atoms with van der Waals surface area (Å²) in [5.41, 5.74) is 0.586. The van der Waals surface area contributed by atoms with Gasteiger partial charge in [0.2, 0.25) is 11.8 Å². The quantitative estimate of drug-likeness (QED) is 0.311. The minimum absolute atomic E-state index is 0.0430. The van der Waals surface area contributed by atoms with Crippen molar-refractivity contribution in [3.8, 4) is 11.5 Å². The Morgan fingerprint density at radius 3 is 2.19 bits per heavy atom. The summed E-state index contributed by atoms with van der Waals surface area (Å²) < 4.78 is 67.2. The Kier molecular flexibility index (Phi) is 10.00. The molecular weight excluding hydrogens is 568 g/mol. The molecule has 1 heterocycles. The number of hydrogen-bond acceptors (Lipinski definition) is 6. The molecule has 0 saturated heterocycles. The van der Waals surface area contributed by atoms with Gasteiger partial charge in [-0.15, -0.1) is 0 Å². The van der Waals surface area contributed by atoms with E-state index in [4.69, 9.17) is 9.47 Å². The third kappa shape index (κ3) is 7.35. The first-order chi connectivity index (χ1) is 20.1. The van der Waals surface area contributed by atoms with Gasteiger partial charge in [0.05, 0.1) is 10.6 Å². The fourth-order valence-corrected chi connectivity index (χ4v) is 5.78. The number of fused-ring (bicyclic) bond motifs is 1. The molecular formula is C30H33F2N3O6S. The molecule has 4 rings (SSSR count). The van der Waals surface area contributed by atoms with E-state index in [1.807, 2.05) is 6.92 Å². The molecule has 0 spiro atoms. The first-order valence-corrected chi connectivity index (χ1v) is 15.0. The number of amides is 2. The number of nitrogens with zero attached hydrogens (tertiary/aromatic N) is 2. The number of unbranched alkanes of at least 4 members (excludes halogenated alkanes) is 1. The van der Waals surface area contributed by atoms with Crippen molar-refractivity contribution in [1.29, 1.82) is 0 Å². The molecule has 0 fully saturated rings. The summed E-state index contributed by atoms with van der Waals surface area (Å²) >= 11 is 0. The van der Waals surface area contributed by atoms with E-state index in [9.17, 15) is 26.8 Å². The zero-order chi connectivity index (χ0) is 30.3. The van der Waals surface area contributed by atoms with E-state index in [1.165, 1.54) is 59.5 Å². The van der Waals surface area contributed by atoms with Gasteiger partial charge in [-0.2, -0.15) is 0 Å². The molecule has 1 N–H and O–H groups in total. The van der Waals surface area contributed by atoms with Gasteiger partial charge in [0.1, 0.15) is 37.4 Å². The number of carbonyl (C=O) groups is 2. The van der Waals surface area contributed by atoms with Gasteiger partial charge in [0, 0.05) is 19.2 Å². The van der Waals surface area contributed by atoms with Crippen molar-refractivity contribution in [2.45, 2.75) is 44.2 Å². The Hall–Kier alpha value is -4.19. The Morgan fingerprint density at radius 1 is 0.929 bits per heavy atom. The van der Waals surface area contributed by atoms with E-state index in [0.717, 1.165) is 29.3 Å². The minimum atomic E-state index is -4.39. The third-order valence-corrected chi connectivity index (χ3v) is 8.53. The van der Waals surface area contributed by atoms with Crippen molar-refractivity contribution in [1.82, 2.24) is 10.2 Å². The van der Waals surface area contributed by atoms with Gasteiger partial charge in [-0.05, 0) is 67.4 Å². The van der Waals surface area contributed by atoms with Crippen molar-refractivity contribution in [2.75, 3.05) is 30.6 Å². The van der Waals surface area contributed by atoms with Crippen LogP contribution in [-0.2, 0) is 26.2 Å². The predicted octanol–water partition coefficient (Wildman–Crippen LogP) is 4.26. The number of rotatable bonds is 12. The normalized spacial score (nSPS) is 13.2. The van der Waals surface area contributed by atoms with Crippen LogP contribution in [-0.4, -0.2) is 57.5 Å². The largest absolute Gasteiger partial charge is 0.486 e. The average Bonchev–Trinajstić information content (AvgIpc) is 2.99. The molecule has 9 nitrogen and oxygen atoms in total. The smallest absolute Gasteiger partial charge is 0.264 e. The van der Waals surface area contributed by atoms with Crippen LogP contribution in [0.15, 0.2) is 71.6 Å². The number of carbonyl (C=O) groups excluding carboxylic acids is 2. The molecule has 0 bridgehead atoms. The molecule has 224 valence electrons. The number of nitrogens with one attached hydrogen (secondary N) is 1. The molecule has 3 aromatic carbocycles. The van der Waals surface area contributed by atoms with Crippen molar-refractivity contribution in [3.63, 3.8) is 0 Å². The lowest BCUT2D eigenvalue weighted by Crippen LogP contribution is -2.51. The second kappa shape index (κ2) is 13.6. The van der Waals surface area contributed by atoms with Crippen LogP contribution < -0.4 is 19.1 Å². The Labute approximate surface area is 244 Å². The third-order valence-electron chi connectivity index (χ3n) is 6.76. The van der Waals surface area contributed by atoms with E-state index < -0.39 is 46.1 Å². The lowest BCUT2D eigenvalue weighted by Gasteiger charge is -2.32. The first kappa shape index (κ1) is 30.8. The Morgan fingerprint density at radius 2 is 1.55 bits per heavy atom. The van der Waals surface area contributed by atoms with E-state index in [0.29, 0.717) is 24.5 Å². The maximum absolute atomic E-state index is 14.0. The molecule has 0 aliphatic carbocycles. The lowest BCUT2D eigenvalue weighted by molar-refractivity contribution is -0.139. The van der Waals surface area contributed by atoms with Crippen molar-refractivity contribution in [2.24, 2.45) is 0 Å². The molecule has 42 heavy (non-hydrogen) atoms. The Balaban J connectivity index is 1.69. The van der Waals surface area contributed by atoms with Gasteiger partial charge in [-0.1, -0.05) is 25.5 Å². The summed E-state index contributed by atoms with van der Waals surface area (Å²) in [4.78, 5) is 28.0. The summed E-state index contributed by atoms with van der Waals surface area (Å²) in [6.07, 6.45) is 1.60. The minimum Gasteiger partial charge on any atom is -0.486 e. The fraction of sp³-hybridized carbons (Fsp3) is 0.333. The Bertz CT molecular complexity index is 1500. The van der Waals surface area contributed by atoms with Crippen LogP contribution in [0.4, 0.5) is 14.5 Å². The van der Waals surface area contributed by atoms with Crippen LogP contribution in [0, 0.1) is 11.6 Å². The van der Waals surface area contributed by atoms with Crippen LogP contribution in [0.1, 0.15) is 32.3 Å². The first-order valence-electron chi connectivity index (χ1n) is 13.6. The second-order valence-electron chi connectivity index (χ2n) is 9.76. The maximum Gasteiger partial charge on any atom is 0.264 e. The molecule has 1 aliphatic rings. The SMILES string of the molecule is CCCCNC(=O)[C@H](C)N(Cc1ccc(F)cc1)C(=O)CN(c1ccc(F)cc1)S(=O)(=O)c1ccc2c(c1)OCCO2. The zero-order valence-electron chi connectivity index (χ0n) is 23.4. The number of hydrogen-bond donors (Lipinski definition) is 1. The van der Waals surface area contributed by atoms with Gasteiger partial charge < -0.3 is 19.7 Å². The molecule has 0 radical (unpaired) electrons. The number of benzene rings is 3. The van der Waals surface area contributed by atoms with Gasteiger partial charge in [0.15, 0.2) is 11.5 Å². The summed E-state index contributed by atoms with van der Waals surface area (Å²) in [7, 11) is -4.39. The molecule has 0 saturated carbocycles. The number of sulfonamides is 1. The fourth-order valence-electron chi connectivity index (χ4n) is 4.35. The number of halogens is 2. The van der Waals surface area contributed by atoms with Gasteiger partial charge >= 0.3 is 0 Å². The van der Waals surface area contributed by atoms with E-state index >= 15 is 0 Å². The summed E-state index contributed by atoms with van der Waals surface area (Å²) in [5.74, 6) is -1.53. The van der Waals surface area contributed by atoms with Crippen molar-refractivity contribution < 1.29 is 36.3 Å². The highest BCUT2D eigenvalue weighted by molar-refractivity contribution is 7.92. The summed E-state index contributed by atoms with van der Waals surface area (Å²) in [6, 6.07) is 13.3. The van der Waals surface area contributed by atoms with Crippen LogP contribution in [0.3, 0.4) is 0 Å². The monoisotopic (exact) mass is 601 g/mol. The molecule has 1 aliphatic heterocycles. The highest BCUT2D eigenvalue weighted by Crippen LogP contribution is 2.34. The number of ether oxygens (including phenoxy) is 2. The molecule has 12 heteroatoms. The van der Waals surface area contributed by atoms with Gasteiger partial charge in [0.25, 0.3) is 10.0 Å². The molecule has 2 amide bonds. The standard InChI is InChI=1S/C30H33F2N3O6S/c1-3-4-15-33-30(37)21(2)34(19-22-5-7-23(31)8-6-22)29(36)20-35(25-11-9-24(32)10-12-25)42(38,39)26-13-14-27-28(18-26)41-17-16-40-27/h5-14,18,21H,3-4,15-17,19-20H2,1-2H3,(H,33,37)/t21-/m0/s1. The van der Waals surface area contributed by atoms with Gasteiger partial charge in [-0.25, -0.2) is 17.2 Å². The van der Waals surface area contributed by atoms with Crippen LogP contribution in [0.2, 0.25) is 0 Å². The zero-order valence-corrected chi connectivity index (χ0v) is 24.2. The average molecular weight is 602 g/mol. The molecule has 0 aromatic heterocycles. The lowest BCUT2D eigenvalue weighted by atomic mass is 10.1. The van der Waals surface area contributed by atoms with E-state index in [1.54, 1.807) is 6.92 Å². The van der Waals surface area contributed by atoms with Crippen molar-refractivity contribution >= 4 is 27.5 Å². The van der Waals surface area contributed by atoms with Gasteiger partial charge in [-0.3, -0.25) is 13.9 Å². The molecule has 0 unspecified atom stereocenters. The van der Waals surface area contributed by atoms with E-state index in [-0.39, 0.29) is 29.5 Å². The van der Waals surface area contributed by atoms with E-state index in [2.05, 4.69) is 5.32 Å².